The Morgan fingerprint density at radius 1 is 0.944 bits per heavy atom. The SMILES string of the molecule is CC(C)Cc1ccc2c(c1)c1ccccc1n2C. The minimum Gasteiger partial charge on any atom is -0.344 e. The fourth-order valence-corrected chi connectivity index (χ4v) is 2.81. The number of hydrogen-bond donors (Lipinski definition) is 0. The number of rotatable bonds is 2. The van der Waals surface area contributed by atoms with Crippen LogP contribution in [0.4, 0.5) is 0 Å². The third-order valence-electron chi connectivity index (χ3n) is 3.62. The lowest BCUT2D eigenvalue weighted by Crippen LogP contribution is -1.93. The third kappa shape index (κ3) is 1.71. The Morgan fingerprint density at radius 2 is 1.67 bits per heavy atom. The summed E-state index contributed by atoms with van der Waals surface area (Å²) >= 11 is 0. The highest BCUT2D eigenvalue weighted by Gasteiger charge is 2.08. The second-order valence-corrected chi connectivity index (χ2v) is 5.53. The smallest absolute Gasteiger partial charge is 0.0488 e. The number of nitrogens with zero attached hydrogens (tertiary/aromatic N) is 1. The number of para-hydroxylation sites is 1. The molecule has 0 atom stereocenters. The topological polar surface area (TPSA) is 4.93 Å². The number of aryl methyl sites for hydroxylation is 1. The van der Waals surface area contributed by atoms with E-state index in [1.807, 2.05) is 0 Å². The second kappa shape index (κ2) is 4.16. The fourth-order valence-electron chi connectivity index (χ4n) is 2.81. The van der Waals surface area contributed by atoms with Crippen molar-refractivity contribution in [1.29, 1.82) is 0 Å². The molecular formula is C17H19N. The fraction of sp³-hybridized carbons (Fsp3) is 0.294. The van der Waals surface area contributed by atoms with Crippen LogP contribution in [0.2, 0.25) is 0 Å². The normalized spacial score (nSPS) is 11.8. The van der Waals surface area contributed by atoms with Gasteiger partial charge in [-0.25, -0.2) is 0 Å². The summed E-state index contributed by atoms with van der Waals surface area (Å²) in [5.41, 5.74) is 4.08. The van der Waals surface area contributed by atoms with Gasteiger partial charge in [0.05, 0.1) is 0 Å². The molecule has 1 heterocycles. The molecule has 1 heteroatoms. The van der Waals surface area contributed by atoms with E-state index in [1.54, 1.807) is 0 Å². The molecule has 1 nitrogen and oxygen atoms in total. The Hall–Kier alpha value is -1.76. The van der Waals surface area contributed by atoms with Crippen LogP contribution in [0.15, 0.2) is 42.5 Å². The second-order valence-electron chi connectivity index (χ2n) is 5.53. The summed E-state index contributed by atoms with van der Waals surface area (Å²) in [7, 11) is 2.15. The predicted molar refractivity (Wildman–Crippen MR) is 79.0 cm³/mol. The van der Waals surface area contributed by atoms with Crippen LogP contribution in [-0.2, 0) is 13.5 Å². The van der Waals surface area contributed by atoms with Crippen molar-refractivity contribution >= 4 is 21.8 Å². The number of benzene rings is 2. The lowest BCUT2D eigenvalue weighted by Gasteiger charge is -2.05. The highest BCUT2D eigenvalue weighted by Crippen LogP contribution is 2.29. The summed E-state index contributed by atoms with van der Waals surface area (Å²) in [6.07, 6.45) is 1.15. The monoisotopic (exact) mass is 237 g/mol. The van der Waals surface area contributed by atoms with Gasteiger partial charge in [-0.15, -0.1) is 0 Å². The third-order valence-corrected chi connectivity index (χ3v) is 3.62. The molecule has 1 aromatic heterocycles. The molecule has 0 spiro atoms. The molecule has 3 rings (SSSR count). The highest BCUT2D eigenvalue weighted by molar-refractivity contribution is 6.08. The number of fused-ring (bicyclic) bond motifs is 3. The van der Waals surface area contributed by atoms with Crippen molar-refractivity contribution in [3.05, 3.63) is 48.0 Å². The summed E-state index contributed by atoms with van der Waals surface area (Å²) < 4.78 is 2.28. The van der Waals surface area contributed by atoms with Crippen LogP contribution in [0.1, 0.15) is 19.4 Å². The first kappa shape index (κ1) is 11.3. The van der Waals surface area contributed by atoms with Gasteiger partial charge < -0.3 is 4.57 Å². The molecule has 0 aliphatic carbocycles. The van der Waals surface area contributed by atoms with Crippen LogP contribution in [0.3, 0.4) is 0 Å². The Labute approximate surface area is 108 Å². The standard InChI is InChI=1S/C17H19N/c1-12(2)10-13-8-9-17-15(11-13)14-6-4-5-7-16(14)18(17)3/h4-9,11-12H,10H2,1-3H3. The quantitative estimate of drug-likeness (QED) is 0.617. The van der Waals surface area contributed by atoms with E-state index in [0.717, 1.165) is 6.42 Å². The minimum absolute atomic E-state index is 0.706. The van der Waals surface area contributed by atoms with Crippen molar-refractivity contribution in [3.63, 3.8) is 0 Å². The van der Waals surface area contributed by atoms with Crippen molar-refractivity contribution in [2.45, 2.75) is 20.3 Å². The van der Waals surface area contributed by atoms with E-state index >= 15 is 0 Å². The van der Waals surface area contributed by atoms with Crippen LogP contribution in [0, 0.1) is 5.92 Å². The maximum Gasteiger partial charge on any atom is 0.0488 e. The maximum absolute atomic E-state index is 2.36. The largest absolute Gasteiger partial charge is 0.344 e. The molecule has 0 N–H and O–H groups in total. The zero-order valence-corrected chi connectivity index (χ0v) is 11.3. The van der Waals surface area contributed by atoms with E-state index in [4.69, 9.17) is 0 Å². The molecule has 2 aromatic carbocycles. The Balaban J connectivity index is 2.29. The van der Waals surface area contributed by atoms with E-state index in [0.29, 0.717) is 5.92 Å². The van der Waals surface area contributed by atoms with Gasteiger partial charge in [0.15, 0.2) is 0 Å². The van der Waals surface area contributed by atoms with Crippen molar-refractivity contribution in [2.24, 2.45) is 13.0 Å². The average molecular weight is 237 g/mol. The van der Waals surface area contributed by atoms with Crippen molar-refractivity contribution < 1.29 is 0 Å². The van der Waals surface area contributed by atoms with Gasteiger partial charge in [-0.3, -0.25) is 0 Å². The van der Waals surface area contributed by atoms with Gasteiger partial charge in [0.1, 0.15) is 0 Å². The Kier molecular flexibility index (Phi) is 2.62. The molecule has 3 aromatic rings. The van der Waals surface area contributed by atoms with Gasteiger partial charge in [0, 0.05) is 28.9 Å². The van der Waals surface area contributed by atoms with Gasteiger partial charge in [0.2, 0.25) is 0 Å². The molecule has 0 radical (unpaired) electrons. The molecular weight excluding hydrogens is 218 g/mol. The molecule has 0 aliphatic rings. The first-order valence-corrected chi connectivity index (χ1v) is 6.63. The molecule has 0 aliphatic heterocycles. The van der Waals surface area contributed by atoms with Gasteiger partial charge in [-0.05, 0) is 36.1 Å². The maximum atomic E-state index is 2.36. The number of hydrogen-bond acceptors (Lipinski definition) is 0. The average Bonchev–Trinajstić information content (AvgIpc) is 2.63. The van der Waals surface area contributed by atoms with Crippen LogP contribution >= 0.6 is 0 Å². The Bertz CT molecular complexity index is 704. The molecule has 0 bridgehead atoms. The Morgan fingerprint density at radius 3 is 2.44 bits per heavy atom. The van der Waals surface area contributed by atoms with Gasteiger partial charge in [0.25, 0.3) is 0 Å². The van der Waals surface area contributed by atoms with E-state index in [2.05, 4.69) is 67.9 Å². The van der Waals surface area contributed by atoms with Crippen LogP contribution in [0.25, 0.3) is 21.8 Å². The molecule has 0 unspecified atom stereocenters. The minimum atomic E-state index is 0.706. The predicted octanol–water partition coefficient (Wildman–Crippen LogP) is 4.53. The summed E-state index contributed by atoms with van der Waals surface area (Å²) in [6, 6.07) is 15.5. The van der Waals surface area contributed by atoms with E-state index in [9.17, 15) is 0 Å². The summed E-state index contributed by atoms with van der Waals surface area (Å²) in [5, 5.41) is 2.74. The van der Waals surface area contributed by atoms with Gasteiger partial charge in [-0.2, -0.15) is 0 Å². The summed E-state index contributed by atoms with van der Waals surface area (Å²) in [5.74, 6) is 0.706. The lowest BCUT2D eigenvalue weighted by atomic mass is 10.0. The zero-order chi connectivity index (χ0) is 12.7. The van der Waals surface area contributed by atoms with E-state index in [-0.39, 0.29) is 0 Å². The van der Waals surface area contributed by atoms with Crippen molar-refractivity contribution in [2.75, 3.05) is 0 Å². The molecule has 92 valence electrons. The van der Waals surface area contributed by atoms with E-state index in [1.165, 1.54) is 27.4 Å². The van der Waals surface area contributed by atoms with Crippen molar-refractivity contribution in [3.8, 4) is 0 Å². The van der Waals surface area contributed by atoms with Crippen LogP contribution in [0.5, 0.6) is 0 Å². The lowest BCUT2D eigenvalue weighted by molar-refractivity contribution is 0.648. The molecule has 0 fully saturated rings. The summed E-state index contributed by atoms with van der Waals surface area (Å²) in [4.78, 5) is 0. The molecule has 0 saturated carbocycles. The summed E-state index contributed by atoms with van der Waals surface area (Å²) in [6.45, 7) is 4.54. The van der Waals surface area contributed by atoms with E-state index < -0.39 is 0 Å². The number of aromatic nitrogens is 1. The molecule has 18 heavy (non-hydrogen) atoms. The highest BCUT2D eigenvalue weighted by atomic mass is 14.9. The zero-order valence-electron chi connectivity index (χ0n) is 11.3. The first-order chi connectivity index (χ1) is 8.66. The molecule has 0 amide bonds. The first-order valence-electron chi connectivity index (χ1n) is 6.63. The van der Waals surface area contributed by atoms with Crippen molar-refractivity contribution in [1.82, 2.24) is 4.57 Å². The molecule has 0 saturated heterocycles. The van der Waals surface area contributed by atoms with Gasteiger partial charge in [-0.1, -0.05) is 38.1 Å². The van der Waals surface area contributed by atoms with Gasteiger partial charge >= 0.3 is 0 Å². The van der Waals surface area contributed by atoms with Crippen LogP contribution < -0.4 is 0 Å². The van der Waals surface area contributed by atoms with Crippen LogP contribution in [-0.4, -0.2) is 4.57 Å².